The molecule has 1 saturated heterocycles. The summed E-state index contributed by atoms with van der Waals surface area (Å²) >= 11 is 0. The highest BCUT2D eigenvalue weighted by Crippen LogP contribution is 2.39. The second kappa shape index (κ2) is 8.38. The van der Waals surface area contributed by atoms with Crippen LogP contribution in [0.25, 0.3) is 0 Å². The molecular formula is C21H33NO5. The highest BCUT2D eigenvalue weighted by molar-refractivity contribution is 5.91. The number of piperidine rings is 1. The molecule has 1 aromatic rings. The fraction of sp³-hybridized carbons (Fsp3) is 0.667. The summed E-state index contributed by atoms with van der Waals surface area (Å²) in [7, 11) is 4.57. The lowest BCUT2D eigenvalue weighted by Crippen LogP contribution is -2.59. The first-order chi connectivity index (χ1) is 12.7. The van der Waals surface area contributed by atoms with Crippen molar-refractivity contribution >= 4 is 5.97 Å². The molecule has 0 amide bonds. The summed E-state index contributed by atoms with van der Waals surface area (Å²) in [5.41, 5.74) is 0.572. The molecule has 0 aliphatic carbocycles. The van der Waals surface area contributed by atoms with Crippen LogP contribution in [0.15, 0.2) is 12.1 Å². The Kier molecular flexibility index (Phi) is 6.63. The van der Waals surface area contributed by atoms with Gasteiger partial charge in [-0.3, -0.25) is 4.90 Å². The third-order valence-corrected chi connectivity index (χ3v) is 5.49. The number of rotatable bonds is 7. The van der Waals surface area contributed by atoms with Crippen LogP contribution in [-0.2, 0) is 4.74 Å². The lowest BCUT2D eigenvalue weighted by Gasteiger charge is -2.52. The maximum absolute atomic E-state index is 12.6. The molecular weight excluding hydrogens is 346 g/mol. The molecule has 0 radical (unpaired) electrons. The van der Waals surface area contributed by atoms with Crippen LogP contribution in [-0.4, -0.2) is 56.4 Å². The van der Waals surface area contributed by atoms with E-state index in [1.807, 2.05) is 0 Å². The van der Waals surface area contributed by atoms with Gasteiger partial charge in [-0.2, -0.15) is 0 Å². The van der Waals surface area contributed by atoms with Gasteiger partial charge in [0.05, 0.1) is 26.9 Å². The molecule has 0 unspecified atom stereocenters. The standard InChI is InChI=1S/C21H33NO5/c1-20(2)9-8-10-21(3,4)22(20)11-12-27-19(23)15-13-16(24-5)18(26-7)17(14-15)25-6/h13-14H,8-12H2,1-7H3. The topological polar surface area (TPSA) is 57.2 Å². The highest BCUT2D eigenvalue weighted by Gasteiger charge is 2.40. The van der Waals surface area contributed by atoms with Gasteiger partial charge < -0.3 is 18.9 Å². The molecule has 0 saturated carbocycles. The zero-order valence-corrected chi connectivity index (χ0v) is 17.7. The normalized spacial score (nSPS) is 18.6. The Labute approximate surface area is 162 Å². The number of benzene rings is 1. The van der Waals surface area contributed by atoms with Crippen molar-refractivity contribution < 1.29 is 23.7 Å². The second-order valence-corrected chi connectivity index (χ2v) is 8.18. The number of hydrogen-bond acceptors (Lipinski definition) is 6. The number of nitrogens with zero attached hydrogens (tertiary/aromatic N) is 1. The average Bonchev–Trinajstić information content (AvgIpc) is 2.61. The van der Waals surface area contributed by atoms with Crippen LogP contribution in [0.4, 0.5) is 0 Å². The molecule has 152 valence electrons. The zero-order valence-electron chi connectivity index (χ0n) is 17.7. The van der Waals surface area contributed by atoms with Crippen molar-refractivity contribution in [3.05, 3.63) is 17.7 Å². The third kappa shape index (κ3) is 4.67. The van der Waals surface area contributed by atoms with Crippen molar-refractivity contribution in [3.8, 4) is 17.2 Å². The maximum Gasteiger partial charge on any atom is 0.338 e. The summed E-state index contributed by atoms with van der Waals surface area (Å²) in [6.07, 6.45) is 3.52. The van der Waals surface area contributed by atoms with Crippen LogP contribution in [0.5, 0.6) is 17.2 Å². The van der Waals surface area contributed by atoms with E-state index in [0.717, 1.165) is 12.8 Å². The van der Waals surface area contributed by atoms with Gasteiger partial charge in [0.1, 0.15) is 6.61 Å². The first kappa shape index (κ1) is 21.4. The van der Waals surface area contributed by atoms with Crippen LogP contribution in [0, 0.1) is 0 Å². The molecule has 0 N–H and O–H groups in total. The van der Waals surface area contributed by atoms with Gasteiger partial charge in [-0.05, 0) is 59.1 Å². The van der Waals surface area contributed by atoms with E-state index in [9.17, 15) is 4.79 Å². The smallest absolute Gasteiger partial charge is 0.338 e. The fourth-order valence-corrected chi connectivity index (χ4v) is 4.16. The number of likely N-dealkylation sites (tertiary alicyclic amines) is 1. The van der Waals surface area contributed by atoms with Crippen LogP contribution in [0.2, 0.25) is 0 Å². The Balaban J connectivity index is 2.07. The molecule has 0 aromatic heterocycles. The second-order valence-electron chi connectivity index (χ2n) is 8.18. The van der Waals surface area contributed by atoms with Gasteiger partial charge in [0.15, 0.2) is 11.5 Å². The van der Waals surface area contributed by atoms with E-state index in [-0.39, 0.29) is 11.1 Å². The molecule has 0 atom stereocenters. The van der Waals surface area contributed by atoms with Gasteiger partial charge in [-0.15, -0.1) is 0 Å². The largest absolute Gasteiger partial charge is 0.493 e. The van der Waals surface area contributed by atoms with E-state index < -0.39 is 5.97 Å². The Hall–Kier alpha value is -1.95. The Bertz CT molecular complexity index is 628. The number of carbonyl (C=O) groups is 1. The first-order valence-electron chi connectivity index (χ1n) is 9.41. The summed E-state index contributed by atoms with van der Waals surface area (Å²) in [6.45, 7) is 10.1. The van der Waals surface area contributed by atoms with Gasteiger partial charge >= 0.3 is 5.97 Å². The summed E-state index contributed by atoms with van der Waals surface area (Å²) in [5, 5.41) is 0. The van der Waals surface area contributed by atoms with Gasteiger partial charge in [0.2, 0.25) is 5.75 Å². The van der Waals surface area contributed by atoms with Gasteiger partial charge in [-0.25, -0.2) is 4.79 Å². The van der Waals surface area contributed by atoms with Crippen molar-refractivity contribution in [1.29, 1.82) is 0 Å². The van der Waals surface area contributed by atoms with E-state index in [1.54, 1.807) is 12.1 Å². The minimum absolute atomic E-state index is 0.0979. The number of hydrogen-bond donors (Lipinski definition) is 0. The molecule has 27 heavy (non-hydrogen) atoms. The van der Waals surface area contributed by atoms with Crippen LogP contribution in [0.3, 0.4) is 0 Å². The molecule has 1 heterocycles. The van der Waals surface area contributed by atoms with Crippen LogP contribution in [0.1, 0.15) is 57.3 Å². The number of esters is 1. The Morgan fingerprint density at radius 1 is 0.963 bits per heavy atom. The summed E-state index contributed by atoms with van der Waals surface area (Å²) < 4.78 is 21.5. The molecule has 1 aliphatic rings. The lowest BCUT2D eigenvalue weighted by atomic mass is 9.80. The minimum atomic E-state index is -0.401. The Morgan fingerprint density at radius 2 is 1.48 bits per heavy atom. The van der Waals surface area contributed by atoms with Crippen molar-refractivity contribution in [2.45, 2.75) is 58.0 Å². The van der Waals surface area contributed by atoms with E-state index in [2.05, 4.69) is 32.6 Å². The van der Waals surface area contributed by atoms with Gasteiger partial charge in [-0.1, -0.05) is 0 Å². The van der Waals surface area contributed by atoms with Crippen molar-refractivity contribution in [2.24, 2.45) is 0 Å². The zero-order chi connectivity index (χ0) is 20.2. The molecule has 6 heteroatoms. The predicted molar refractivity (Wildman–Crippen MR) is 105 cm³/mol. The summed E-state index contributed by atoms with van der Waals surface area (Å²) in [4.78, 5) is 15.0. The monoisotopic (exact) mass is 379 g/mol. The molecule has 2 rings (SSSR count). The van der Waals surface area contributed by atoms with Crippen LogP contribution < -0.4 is 14.2 Å². The molecule has 0 bridgehead atoms. The molecule has 1 aromatic carbocycles. The summed E-state index contributed by atoms with van der Waals surface area (Å²) in [5.74, 6) is 0.916. The molecule has 6 nitrogen and oxygen atoms in total. The number of methoxy groups -OCH3 is 3. The summed E-state index contributed by atoms with van der Waals surface area (Å²) in [6, 6.07) is 3.22. The van der Waals surface area contributed by atoms with Gasteiger partial charge in [0.25, 0.3) is 0 Å². The average molecular weight is 379 g/mol. The van der Waals surface area contributed by atoms with Crippen molar-refractivity contribution in [3.63, 3.8) is 0 Å². The number of ether oxygens (including phenoxy) is 4. The van der Waals surface area contributed by atoms with Crippen molar-refractivity contribution in [2.75, 3.05) is 34.5 Å². The molecule has 1 aliphatic heterocycles. The minimum Gasteiger partial charge on any atom is -0.493 e. The highest BCUT2D eigenvalue weighted by atomic mass is 16.5. The predicted octanol–water partition coefficient (Wildman–Crippen LogP) is 3.91. The molecule has 1 fully saturated rings. The van der Waals surface area contributed by atoms with E-state index in [1.165, 1.54) is 27.8 Å². The maximum atomic E-state index is 12.6. The third-order valence-electron chi connectivity index (χ3n) is 5.49. The van der Waals surface area contributed by atoms with Crippen molar-refractivity contribution in [1.82, 2.24) is 4.90 Å². The van der Waals surface area contributed by atoms with Gasteiger partial charge in [0, 0.05) is 17.6 Å². The van der Waals surface area contributed by atoms with E-state index in [4.69, 9.17) is 18.9 Å². The van der Waals surface area contributed by atoms with E-state index >= 15 is 0 Å². The first-order valence-corrected chi connectivity index (χ1v) is 9.41. The van der Waals surface area contributed by atoms with Crippen LogP contribution >= 0.6 is 0 Å². The fourth-order valence-electron chi connectivity index (χ4n) is 4.16. The number of carbonyl (C=O) groups excluding carboxylic acids is 1. The quantitative estimate of drug-likeness (QED) is 0.670. The molecule has 0 spiro atoms. The SMILES string of the molecule is COc1cc(C(=O)OCCN2C(C)(C)CCCC2(C)C)cc(OC)c1OC. The Morgan fingerprint density at radius 3 is 1.93 bits per heavy atom. The lowest BCUT2D eigenvalue weighted by molar-refractivity contribution is -0.0402. The van der Waals surface area contributed by atoms with E-state index in [0.29, 0.717) is 36.0 Å².